The minimum absolute atomic E-state index is 0.123. The van der Waals surface area contributed by atoms with Gasteiger partial charge in [0.25, 0.3) is 5.91 Å². The Balaban J connectivity index is 1.49. The van der Waals surface area contributed by atoms with Gasteiger partial charge in [0, 0.05) is 31.1 Å². The smallest absolute Gasteiger partial charge is 0.255 e. The Morgan fingerprint density at radius 2 is 2.04 bits per heavy atom. The van der Waals surface area contributed by atoms with Crippen LogP contribution in [0.4, 0.5) is 0 Å². The van der Waals surface area contributed by atoms with Gasteiger partial charge in [-0.2, -0.15) is 0 Å². The molecule has 7 nitrogen and oxygen atoms in total. The number of benzene rings is 1. The van der Waals surface area contributed by atoms with E-state index in [1.165, 1.54) is 12.8 Å². The second-order valence-corrected chi connectivity index (χ2v) is 7.76. The molecule has 1 aromatic carbocycles. The highest BCUT2D eigenvalue weighted by Crippen LogP contribution is 2.30. The van der Waals surface area contributed by atoms with Gasteiger partial charge in [-0.15, -0.1) is 0 Å². The van der Waals surface area contributed by atoms with Gasteiger partial charge in [-0.3, -0.25) is 19.7 Å². The van der Waals surface area contributed by atoms with Crippen LogP contribution in [0, 0.1) is 5.92 Å². The number of nitrogens with two attached hydrogens (primary N) is 1. The summed E-state index contributed by atoms with van der Waals surface area (Å²) in [6.07, 6.45) is 4.17. The highest BCUT2D eigenvalue weighted by molar-refractivity contribution is 6.05. The molecule has 1 saturated carbocycles. The van der Waals surface area contributed by atoms with Gasteiger partial charge >= 0.3 is 0 Å². The van der Waals surface area contributed by atoms with Crippen molar-refractivity contribution in [2.45, 2.75) is 57.3 Å². The Kier molecular flexibility index (Phi) is 4.97. The number of fused-ring (bicyclic) bond motifs is 1. The average Bonchev–Trinajstić information content (AvgIpc) is 3.25. The number of hydrogen-bond acceptors (Lipinski definition) is 5. The number of nitrogens with one attached hydrogen (secondary N) is 2. The number of piperidine rings is 1. The SMILES string of the molecule is NCC1CCCC1NCc1cccc2c1CN(C1CCC(=O)NC1=O)C2=O. The number of carbonyl (C=O) groups excluding carboxylic acids is 3. The van der Waals surface area contributed by atoms with Crippen molar-refractivity contribution in [2.24, 2.45) is 11.7 Å². The predicted octanol–water partition coefficient (Wildman–Crippen LogP) is 0.665. The van der Waals surface area contributed by atoms with E-state index in [-0.39, 0.29) is 24.1 Å². The molecule has 2 fully saturated rings. The third-order valence-electron chi connectivity index (χ3n) is 6.20. The average molecular weight is 370 g/mol. The number of imide groups is 1. The van der Waals surface area contributed by atoms with Crippen LogP contribution in [-0.4, -0.2) is 41.2 Å². The molecule has 3 amide bonds. The first-order chi connectivity index (χ1) is 13.1. The van der Waals surface area contributed by atoms with E-state index in [1.807, 2.05) is 18.2 Å². The normalized spacial score (nSPS) is 27.8. The first-order valence-corrected chi connectivity index (χ1v) is 9.77. The van der Waals surface area contributed by atoms with Crippen molar-refractivity contribution in [3.8, 4) is 0 Å². The van der Waals surface area contributed by atoms with Gasteiger partial charge in [0.15, 0.2) is 0 Å². The molecule has 1 aromatic rings. The maximum atomic E-state index is 12.9. The molecule has 27 heavy (non-hydrogen) atoms. The minimum Gasteiger partial charge on any atom is -0.330 e. The van der Waals surface area contributed by atoms with E-state index < -0.39 is 6.04 Å². The van der Waals surface area contributed by atoms with Gasteiger partial charge in [-0.1, -0.05) is 18.6 Å². The van der Waals surface area contributed by atoms with E-state index in [2.05, 4.69) is 10.6 Å². The van der Waals surface area contributed by atoms with Gasteiger partial charge in [-0.25, -0.2) is 0 Å². The molecule has 0 radical (unpaired) electrons. The van der Waals surface area contributed by atoms with Crippen LogP contribution in [0.25, 0.3) is 0 Å². The second-order valence-electron chi connectivity index (χ2n) is 7.76. The summed E-state index contributed by atoms with van der Waals surface area (Å²) in [5.74, 6) is -0.245. The van der Waals surface area contributed by atoms with Crippen molar-refractivity contribution in [1.82, 2.24) is 15.5 Å². The van der Waals surface area contributed by atoms with E-state index in [9.17, 15) is 14.4 Å². The topological polar surface area (TPSA) is 105 Å². The molecule has 144 valence electrons. The highest BCUT2D eigenvalue weighted by Gasteiger charge is 2.39. The van der Waals surface area contributed by atoms with Crippen LogP contribution in [0.1, 0.15) is 53.6 Å². The lowest BCUT2D eigenvalue weighted by Crippen LogP contribution is -2.52. The lowest BCUT2D eigenvalue weighted by atomic mass is 10.0. The largest absolute Gasteiger partial charge is 0.330 e. The summed E-state index contributed by atoms with van der Waals surface area (Å²) in [7, 11) is 0. The number of hydrogen-bond donors (Lipinski definition) is 3. The molecule has 3 unspecified atom stereocenters. The Morgan fingerprint density at radius 1 is 1.19 bits per heavy atom. The monoisotopic (exact) mass is 370 g/mol. The summed E-state index contributed by atoms with van der Waals surface area (Å²) >= 11 is 0. The van der Waals surface area contributed by atoms with Crippen molar-refractivity contribution < 1.29 is 14.4 Å². The maximum Gasteiger partial charge on any atom is 0.255 e. The zero-order valence-corrected chi connectivity index (χ0v) is 15.4. The maximum absolute atomic E-state index is 12.9. The molecule has 1 saturated heterocycles. The fraction of sp³-hybridized carbons (Fsp3) is 0.550. The number of amides is 3. The van der Waals surface area contributed by atoms with Crippen LogP contribution in [0.15, 0.2) is 18.2 Å². The molecule has 0 bridgehead atoms. The number of rotatable bonds is 5. The minimum atomic E-state index is -0.570. The summed E-state index contributed by atoms with van der Waals surface area (Å²) in [5.41, 5.74) is 8.62. The predicted molar refractivity (Wildman–Crippen MR) is 99.5 cm³/mol. The standard InChI is InChI=1S/C20H26N4O3/c21-9-12-3-2-6-16(12)22-10-13-4-1-5-14-15(13)11-24(20(14)27)17-7-8-18(25)23-19(17)26/h1,4-5,12,16-17,22H,2-3,6-11,21H2,(H,23,25,26). The van der Waals surface area contributed by atoms with Crippen LogP contribution < -0.4 is 16.4 Å². The molecule has 0 aromatic heterocycles. The van der Waals surface area contributed by atoms with E-state index >= 15 is 0 Å². The summed E-state index contributed by atoms with van der Waals surface area (Å²) in [6, 6.07) is 5.62. The quantitative estimate of drug-likeness (QED) is 0.661. The van der Waals surface area contributed by atoms with Gasteiger partial charge in [0.1, 0.15) is 6.04 Å². The lowest BCUT2D eigenvalue weighted by Gasteiger charge is -2.29. The lowest BCUT2D eigenvalue weighted by molar-refractivity contribution is -0.136. The Labute approximate surface area is 158 Å². The third-order valence-corrected chi connectivity index (χ3v) is 6.20. The zero-order valence-electron chi connectivity index (χ0n) is 15.4. The van der Waals surface area contributed by atoms with Gasteiger partial charge in [-0.05, 0) is 48.9 Å². The van der Waals surface area contributed by atoms with Crippen LogP contribution in [0.3, 0.4) is 0 Å². The molecule has 3 atom stereocenters. The first-order valence-electron chi connectivity index (χ1n) is 9.77. The zero-order chi connectivity index (χ0) is 19.0. The molecule has 4 N–H and O–H groups in total. The Bertz CT molecular complexity index is 778. The second kappa shape index (κ2) is 7.40. The molecule has 2 heterocycles. The van der Waals surface area contributed by atoms with Crippen LogP contribution in [0.2, 0.25) is 0 Å². The van der Waals surface area contributed by atoms with Gasteiger partial charge < -0.3 is 16.0 Å². The van der Waals surface area contributed by atoms with Crippen LogP contribution >= 0.6 is 0 Å². The van der Waals surface area contributed by atoms with Crippen molar-refractivity contribution in [2.75, 3.05) is 6.54 Å². The molecular weight excluding hydrogens is 344 g/mol. The summed E-state index contributed by atoms with van der Waals surface area (Å²) < 4.78 is 0. The third kappa shape index (κ3) is 3.37. The van der Waals surface area contributed by atoms with Crippen molar-refractivity contribution in [1.29, 1.82) is 0 Å². The van der Waals surface area contributed by atoms with E-state index in [0.29, 0.717) is 43.6 Å². The van der Waals surface area contributed by atoms with Gasteiger partial charge in [0.05, 0.1) is 0 Å². The fourth-order valence-electron chi connectivity index (χ4n) is 4.64. The number of carbonyl (C=O) groups is 3. The van der Waals surface area contributed by atoms with E-state index in [1.54, 1.807) is 4.90 Å². The molecule has 0 spiro atoms. The van der Waals surface area contributed by atoms with Crippen LogP contribution in [0.5, 0.6) is 0 Å². The molecular formula is C20H26N4O3. The first kappa shape index (κ1) is 18.1. The van der Waals surface area contributed by atoms with E-state index in [0.717, 1.165) is 17.5 Å². The summed E-state index contributed by atoms with van der Waals surface area (Å²) in [5, 5.41) is 5.96. The van der Waals surface area contributed by atoms with Crippen molar-refractivity contribution >= 4 is 17.7 Å². The molecule has 2 aliphatic heterocycles. The Hall–Kier alpha value is -2.25. The molecule has 3 aliphatic rings. The van der Waals surface area contributed by atoms with Gasteiger partial charge in [0.2, 0.25) is 11.8 Å². The van der Waals surface area contributed by atoms with E-state index in [4.69, 9.17) is 5.73 Å². The fourth-order valence-corrected chi connectivity index (χ4v) is 4.64. The van der Waals surface area contributed by atoms with Crippen molar-refractivity contribution in [3.63, 3.8) is 0 Å². The van der Waals surface area contributed by atoms with Crippen LogP contribution in [-0.2, 0) is 22.7 Å². The summed E-state index contributed by atoms with van der Waals surface area (Å²) in [6.45, 7) is 1.82. The van der Waals surface area contributed by atoms with Crippen molar-refractivity contribution in [3.05, 3.63) is 34.9 Å². The molecule has 4 rings (SSSR count). The Morgan fingerprint density at radius 3 is 2.81 bits per heavy atom. The molecule has 1 aliphatic carbocycles. The summed E-state index contributed by atoms with van der Waals surface area (Å²) in [4.78, 5) is 38.1. The molecule has 7 heteroatoms. The highest BCUT2D eigenvalue weighted by atomic mass is 16.2. The number of nitrogens with zero attached hydrogens (tertiary/aromatic N) is 1.